The van der Waals surface area contributed by atoms with Crippen molar-refractivity contribution in [3.63, 3.8) is 0 Å². The first-order valence-corrected chi connectivity index (χ1v) is 7.06. The molecule has 1 fully saturated rings. The molecule has 1 heterocycles. The van der Waals surface area contributed by atoms with Gasteiger partial charge in [-0.3, -0.25) is 0 Å². The normalized spacial score (nSPS) is 26.5. The highest BCUT2D eigenvalue weighted by Crippen LogP contribution is 2.36. The number of alkyl halides is 1. The summed E-state index contributed by atoms with van der Waals surface area (Å²) in [6, 6.07) is 8.81. The van der Waals surface area contributed by atoms with Crippen molar-refractivity contribution < 1.29 is 4.74 Å². The first kappa shape index (κ1) is 11.4. The quantitative estimate of drug-likeness (QED) is 0.595. The summed E-state index contributed by atoms with van der Waals surface area (Å²) in [6.45, 7) is 3.04. The third-order valence-electron chi connectivity index (χ3n) is 3.15. The van der Waals surface area contributed by atoms with Gasteiger partial charge in [0.1, 0.15) is 5.60 Å². The van der Waals surface area contributed by atoms with E-state index in [9.17, 15) is 0 Å². The maximum Gasteiger partial charge on any atom is 0.102 e. The van der Waals surface area contributed by atoms with Crippen LogP contribution in [-0.2, 0) is 10.3 Å². The minimum absolute atomic E-state index is 0.00743. The van der Waals surface area contributed by atoms with E-state index in [-0.39, 0.29) is 5.60 Å². The van der Waals surface area contributed by atoms with Crippen LogP contribution in [0.2, 0.25) is 0 Å². The predicted molar refractivity (Wildman–Crippen MR) is 71.5 cm³/mol. The summed E-state index contributed by atoms with van der Waals surface area (Å²) in [6.07, 6.45) is 3.67. The summed E-state index contributed by atoms with van der Waals surface area (Å²) in [5, 5.41) is 0. The van der Waals surface area contributed by atoms with Gasteiger partial charge in [0.05, 0.1) is 0 Å². The van der Waals surface area contributed by atoms with Crippen molar-refractivity contribution in [1.29, 1.82) is 0 Å². The molecule has 1 unspecified atom stereocenters. The van der Waals surface area contributed by atoms with Crippen LogP contribution in [0.3, 0.4) is 0 Å². The Labute approximate surface area is 105 Å². The third kappa shape index (κ3) is 2.36. The number of rotatable bonds is 2. The Morgan fingerprint density at radius 1 is 1.27 bits per heavy atom. The molecule has 1 atom stereocenters. The zero-order valence-corrected chi connectivity index (χ0v) is 11.3. The number of aryl methyl sites for hydroxylation is 1. The van der Waals surface area contributed by atoms with Crippen molar-refractivity contribution in [2.45, 2.75) is 31.8 Å². The lowest BCUT2D eigenvalue weighted by atomic mass is 9.88. The number of ether oxygens (including phenoxy) is 1. The molecule has 0 aromatic heterocycles. The van der Waals surface area contributed by atoms with Crippen molar-refractivity contribution in [3.8, 4) is 0 Å². The van der Waals surface area contributed by atoms with Crippen molar-refractivity contribution in [2.75, 3.05) is 11.0 Å². The molecule has 0 aliphatic carbocycles. The lowest BCUT2D eigenvalue weighted by Gasteiger charge is -2.36. The van der Waals surface area contributed by atoms with E-state index in [0.29, 0.717) is 0 Å². The molecule has 0 saturated carbocycles. The molecule has 0 bridgehead atoms. The summed E-state index contributed by atoms with van der Waals surface area (Å²) in [7, 11) is 0. The summed E-state index contributed by atoms with van der Waals surface area (Å²) < 4.78 is 7.08. The summed E-state index contributed by atoms with van der Waals surface area (Å²) in [5.41, 5.74) is 2.66. The summed E-state index contributed by atoms with van der Waals surface area (Å²) >= 11 is 2.45. The largest absolute Gasteiger partial charge is 0.369 e. The van der Waals surface area contributed by atoms with Crippen LogP contribution in [0.15, 0.2) is 24.3 Å². The van der Waals surface area contributed by atoms with Gasteiger partial charge in [-0.1, -0.05) is 52.4 Å². The fraction of sp³-hybridized carbons (Fsp3) is 0.538. The van der Waals surface area contributed by atoms with E-state index < -0.39 is 0 Å². The van der Waals surface area contributed by atoms with Gasteiger partial charge in [0.15, 0.2) is 0 Å². The molecular formula is C13H17IO. The van der Waals surface area contributed by atoms with Gasteiger partial charge < -0.3 is 4.74 Å². The minimum atomic E-state index is -0.00743. The van der Waals surface area contributed by atoms with E-state index in [2.05, 4.69) is 53.8 Å². The Hall–Kier alpha value is -0.0900. The average Bonchev–Trinajstić information content (AvgIpc) is 2.31. The minimum Gasteiger partial charge on any atom is -0.369 e. The van der Waals surface area contributed by atoms with E-state index in [4.69, 9.17) is 4.74 Å². The first-order chi connectivity index (χ1) is 7.27. The highest BCUT2D eigenvalue weighted by molar-refractivity contribution is 14.1. The van der Waals surface area contributed by atoms with Crippen LogP contribution in [0.4, 0.5) is 0 Å². The van der Waals surface area contributed by atoms with Crippen LogP contribution < -0.4 is 0 Å². The van der Waals surface area contributed by atoms with E-state index in [1.807, 2.05) is 0 Å². The Morgan fingerprint density at radius 2 is 2.00 bits per heavy atom. The van der Waals surface area contributed by atoms with Crippen molar-refractivity contribution >= 4 is 22.6 Å². The second-order valence-electron chi connectivity index (χ2n) is 4.30. The van der Waals surface area contributed by atoms with Gasteiger partial charge in [0.2, 0.25) is 0 Å². The fourth-order valence-electron chi connectivity index (χ4n) is 2.12. The SMILES string of the molecule is Cc1ccc(C2(CI)CCCCO2)cc1. The lowest BCUT2D eigenvalue weighted by Crippen LogP contribution is -2.35. The topological polar surface area (TPSA) is 9.23 Å². The summed E-state index contributed by atoms with van der Waals surface area (Å²) in [5.74, 6) is 0. The molecule has 0 spiro atoms. The molecule has 1 saturated heterocycles. The van der Waals surface area contributed by atoms with Gasteiger partial charge >= 0.3 is 0 Å². The molecule has 2 heteroatoms. The molecular weight excluding hydrogens is 299 g/mol. The van der Waals surface area contributed by atoms with E-state index in [1.54, 1.807) is 0 Å². The molecule has 1 aliphatic heterocycles. The zero-order chi connectivity index (χ0) is 10.7. The number of halogens is 1. The number of hydrogen-bond donors (Lipinski definition) is 0. The standard InChI is InChI=1S/C13H17IO/c1-11-4-6-12(7-5-11)13(10-14)8-2-3-9-15-13/h4-7H,2-3,8-10H2,1H3. The average molecular weight is 316 g/mol. The lowest BCUT2D eigenvalue weighted by molar-refractivity contribution is -0.0642. The van der Waals surface area contributed by atoms with Crippen LogP contribution in [-0.4, -0.2) is 11.0 Å². The van der Waals surface area contributed by atoms with Gasteiger partial charge in [-0.25, -0.2) is 0 Å². The smallest absolute Gasteiger partial charge is 0.102 e. The highest BCUT2D eigenvalue weighted by Gasteiger charge is 2.33. The van der Waals surface area contributed by atoms with Crippen LogP contribution in [0.1, 0.15) is 30.4 Å². The molecule has 0 amide bonds. The van der Waals surface area contributed by atoms with Crippen molar-refractivity contribution in [3.05, 3.63) is 35.4 Å². The van der Waals surface area contributed by atoms with Gasteiger partial charge in [-0.05, 0) is 31.7 Å². The van der Waals surface area contributed by atoms with Crippen LogP contribution in [0.5, 0.6) is 0 Å². The van der Waals surface area contributed by atoms with Crippen LogP contribution >= 0.6 is 22.6 Å². The predicted octanol–water partition coefficient (Wildman–Crippen LogP) is 3.83. The van der Waals surface area contributed by atoms with Crippen molar-refractivity contribution in [1.82, 2.24) is 0 Å². The zero-order valence-electron chi connectivity index (χ0n) is 9.13. The molecule has 1 aliphatic rings. The fourth-order valence-corrected chi connectivity index (χ4v) is 3.16. The number of hydrogen-bond acceptors (Lipinski definition) is 1. The molecule has 1 nitrogen and oxygen atoms in total. The molecule has 1 aromatic carbocycles. The van der Waals surface area contributed by atoms with Crippen LogP contribution in [0, 0.1) is 6.92 Å². The Kier molecular flexibility index (Phi) is 3.67. The van der Waals surface area contributed by atoms with E-state index in [1.165, 1.54) is 30.4 Å². The highest BCUT2D eigenvalue weighted by atomic mass is 127. The molecule has 0 radical (unpaired) electrons. The second kappa shape index (κ2) is 4.83. The molecule has 82 valence electrons. The number of benzene rings is 1. The third-order valence-corrected chi connectivity index (χ3v) is 4.38. The Balaban J connectivity index is 2.28. The van der Waals surface area contributed by atoms with Gasteiger partial charge in [0.25, 0.3) is 0 Å². The molecule has 15 heavy (non-hydrogen) atoms. The maximum absolute atomic E-state index is 6.03. The molecule has 0 N–H and O–H groups in total. The molecule has 2 rings (SSSR count). The Bertz CT molecular complexity index is 312. The summed E-state index contributed by atoms with van der Waals surface area (Å²) in [4.78, 5) is 0. The van der Waals surface area contributed by atoms with E-state index >= 15 is 0 Å². The van der Waals surface area contributed by atoms with Gasteiger partial charge in [0, 0.05) is 11.0 Å². The second-order valence-corrected chi connectivity index (χ2v) is 5.06. The molecule has 1 aromatic rings. The monoisotopic (exact) mass is 316 g/mol. The Morgan fingerprint density at radius 3 is 2.53 bits per heavy atom. The van der Waals surface area contributed by atoms with Gasteiger partial charge in [-0.2, -0.15) is 0 Å². The first-order valence-electron chi connectivity index (χ1n) is 5.54. The maximum atomic E-state index is 6.03. The van der Waals surface area contributed by atoms with Crippen LogP contribution in [0.25, 0.3) is 0 Å². The van der Waals surface area contributed by atoms with E-state index in [0.717, 1.165) is 11.0 Å². The van der Waals surface area contributed by atoms with Crippen molar-refractivity contribution in [2.24, 2.45) is 0 Å². The van der Waals surface area contributed by atoms with Gasteiger partial charge in [-0.15, -0.1) is 0 Å².